The molecule has 29 heavy (non-hydrogen) atoms. The summed E-state index contributed by atoms with van der Waals surface area (Å²) in [4.78, 5) is 31.2. The third-order valence-corrected chi connectivity index (χ3v) is 7.04. The fraction of sp³-hybridized carbons (Fsp3) is 0.238. The number of carbonyl (C=O) groups is 2. The van der Waals surface area contributed by atoms with Crippen molar-refractivity contribution < 1.29 is 9.59 Å². The van der Waals surface area contributed by atoms with Gasteiger partial charge in [0.05, 0.1) is 15.7 Å². The van der Waals surface area contributed by atoms with Crippen molar-refractivity contribution in [1.82, 2.24) is 4.90 Å². The first-order valence-electron chi connectivity index (χ1n) is 9.23. The number of anilines is 1. The van der Waals surface area contributed by atoms with Crippen LogP contribution in [0.1, 0.15) is 19.3 Å². The SMILES string of the molecule is O=C1C(Sc2ccc(Cl)cc2)=C(N2CCCCC2)C(=O)N1c1cccc(Cl)c1Cl. The van der Waals surface area contributed by atoms with Gasteiger partial charge in [-0.05, 0) is 55.7 Å². The number of amides is 2. The second kappa shape index (κ2) is 8.60. The van der Waals surface area contributed by atoms with Crippen molar-refractivity contribution in [3.63, 3.8) is 0 Å². The molecule has 0 saturated carbocycles. The summed E-state index contributed by atoms with van der Waals surface area (Å²) < 4.78 is 0. The van der Waals surface area contributed by atoms with Crippen LogP contribution in [0.4, 0.5) is 5.69 Å². The average molecular weight is 468 g/mol. The van der Waals surface area contributed by atoms with Crippen LogP contribution in [0.5, 0.6) is 0 Å². The van der Waals surface area contributed by atoms with E-state index in [0.29, 0.717) is 26.3 Å². The summed E-state index contributed by atoms with van der Waals surface area (Å²) >= 11 is 19.7. The molecule has 4 rings (SSSR count). The Morgan fingerprint density at radius 2 is 1.52 bits per heavy atom. The summed E-state index contributed by atoms with van der Waals surface area (Å²) in [5, 5.41) is 1.09. The largest absolute Gasteiger partial charge is 0.366 e. The van der Waals surface area contributed by atoms with Crippen LogP contribution in [-0.2, 0) is 9.59 Å². The Labute approximate surface area is 188 Å². The molecule has 0 N–H and O–H groups in total. The lowest BCUT2D eigenvalue weighted by Gasteiger charge is -2.29. The Bertz CT molecular complexity index is 1000. The van der Waals surface area contributed by atoms with Gasteiger partial charge in [0.25, 0.3) is 11.8 Å². The predicted octanol–water partition coefficient (Wildman–Crippen LogP) is 6.01. The number of thioether (sulfide) groups is 1. The Morgan fingerprint density at radius 3 is 2.21 bits per heavy atom. The lowest BCUT2D eigenvalue weighted by atomic mass is 10.1. The normalized spacial score (nSPS) is 17.5. The van der Waals surface area contributed by atoms with E-state index in [2.05, 4.69) is 0 Å². The minimum atomic E-state index is -0.389. The summed E-state index contributed by atoms with van der Waals surface area (Å²) in [6.07, 6.45) is 3.10. The first kappa shape index (κ1) is 20.6. The maximum absolute atomic E-state index is 13.4. The third-order valence-electron chi connectivity index (χ3n) is 4.90. The van der Waals surface area contributed by atoms with E-state index in [1.807, 2.05) is 17.0 Å². The quantitative estimate of drug-likeness (QED) is 0.516. The van der Waals surface area contributed by atoms with Gasteiger partial charge in [-0.1, -0.05) is 52.6 Å². The van der Waals surface area contributed by atoms with E-state index < -0.39 is 0 Å². The molecule has 2 aliphatic rings. The minimum absolute atomic E-state index is 0.187. The summed E-state index contributed by atoms with van der Waals surface area (Å²) in [6.45, 7) is 1.49. The predicted molar refractivity (Wildman–Crippen MR) is 119 cm³/mol. The van der Waals surface area contributed by atoms with Crippen LogP contribution in [0.3, 0.4) is 0 Å². The molecule has 1 saturated heterocycles. The molecular weight excluding hydrogens is 451 g/mol. The highest BCUT2D eigenvalue weighted by molar-refractivity contribution is 8.04. The summed E-state index contributed by atoms with van der Waals surface area (Å²) in [5.74, 6) is -0.753. The number of halogens is 3. The maximum Gasteiger partial charge on any atom is 0.283 e. The van der Waals surface area contributed by atoms with E-state index in [4.69, 9.17) is 34.8 Å². The van der Waals surface area contributed by atoms with Gasteiger partial charge in [-0.3, -0.25) is 9.59 Å². The number of rotatable bonds is 4. The topological polar surface area (TPSA) is 40.6 Å². The van der Waals surface area contributed by atoms with Crippen LogP contribution in [0.15, 0.2) is 58.0 Å². The lowest BCUT2D eigenvalue weighted by molar-refractivity contribution is -0.121. The van der Waals surface area contributed by atoms with Crippen molar-refractivity contribution >= 4 is 64.1 Å². The van der Waals surface area contributed by atoms with Crippen LogP contribution in [0.2, 0.25) is 15.1 Å². The lowest BCUT2D eigenvalue weighted by Crippen LogP contribution is -2.37. The van der Waals surface area contributed by atoms with Gasteiger partial charge in [-0.25, -0.2) is 4.90 Å². The zero-order valence-corrected chi connectivity index (χ0v) is 18.4. The molecule has 4 nitrogen and oxygen atoms in total. The van der Waals surface area contributed by atoms with Crippen LogP contribution < -0.4 is 4.90 Å². The van der Waals surface area contributed by atoms with Crippen molar-refractivity contribution in [2.75, 3.05) is 18.0 Å². The molecular formula is C21H17Cl3N2O2S. The van der Waals surface area contributed by atoms with Crippen molar-refractivity contribution in [2.45, 2.75) is 24.2 Å². The number of imide groups is 1. The molecule has 0 unspecified atom stereocenters. The summed E-state index contributed by atoms with van der Waals surface area (Å²) in [6, 6.07) is 12.1. The zero-order chi connectivity index (χ0) is 20.5. The van der Waals surface area contributed by atoms with E-state index in [1.165, 1.54) is 11.8 Å². The molecule has 2 heterocycles. The summed E-state index contributed by atoms with van der Waals surface area (Å²) in [7, 11) is 0. The molecule has 2 aromatic carbocycles. The molecule has 0 aliphatic carbocycles. The van der Waals surface area contributed by atoms with Gasteiger partial charge in [0.1, 0.15) is 10.6 Å². The van der Waals surface area contributed by atoms with Crippen LogP contribution >= 0.6 is 46.6 Å². The smallest absolute Gasteiger partial charge is 0.283 e. The number of likely N-dealkylation sites (tertiary alicyclic amines) is 1. The van der Waals surface area contributed by atoms with Gasteiger partial charge in [0, 0.05) is 23.0 Å². The van der Waals surface area contributed by atoms with E-state index in [1.54, 1.807) is 30.3 Å². The van der Waals surface area contributed by atoms with Gasteiger partial charge in [0.2, 0.25) is 0 Å². The molecule has 2 aromatic rings. The second-order valence-corrected chi connectivity index (χ2v) is 9.11. The van der Waals surface area contributed by atoms with Gasteiger partial charge >= 0.3 is 0 Å². The van der Waals surface area contributed by atoms with Crippen LogP contribution in [0.25, 0.3) is 0 Å². The highest BCUT2D eigenvalue weighted by Gasteiger charge is 2.43. The van der Waals surface area contributed by atoms with Crippen LogP contribution in [0, 0.1) is 0 Å². The number of benzene rings is 2. The number of hydrogen-bond donors (Lipinski definition) is 0. The number of piperidine rings is 1. The molecule has 0 aromatic heterocycles. The second-order valence-electron chi connectivity index (χ2n) is 6.80. The van der Waals surface area contributed by atoms with Crippen molar-refractivity contribution in [1.29, 1.82) is 0 Å². The molecule has 2 amide bonds. The number of hydrogen-bond acceptors (Lipinski definition) is 4. The molecule has 0 radical (unpaired) electrons. The molecule has 1 fully saturated rings. The maximum atomic E-state index is 13.4. The van der Waals surface area contributed by atoms with E-state index >= 15 is 0 Å². The Hall–Kier alpha value is -1.66. The van der Waals surface area contributed by atoms with Gasteiger partial charge in [0.15, 0.2) is 0 Å². The Kier molecular flexibility index (Phi) is 6.11. The van der Waals surface area contributed by atoms with Gasteiger partial charge in [-0.2, -0.15) is 0 Å². The van der Waals surface area contributed by atoms with E-state index in [0.717, 1.165) is 42.1 Å². The van der Waals surface area contributed by atoms with E-state index in [9.17, 15) is 9.59 Å². The Morgan fingerprint density at radius 1 is 0.828 bits per heavy atom. The molecule has 2 aliphatic heterocycles. The Balaban J connectivity index is 1.76. The molecule has 0 atom stereocenters. The standard InChI is InChI=1S/C21H17Cl3N2O2S/c22-13-7-9-14(10-8-13)29-19-18(25-11-2-1-3-12-25)20(27)26(21(19)28)16-6-4-5-15(23)17(16)24/h4-10H,1-3,11-12H2. The number of carbonyl (C=O) groups excluding carboxylic acids is 2. The zero-order valence-electron chi connectivity index (χ0n) is 15.3. The molecule has 150 valence electrons. The average Bonchev–Trinajstić information content (AvgIpc) is 2.96. The molecule has 0 spiro atoms. The van der Waals surface area contributed by atoms with Crippen molar-refractivity contribution in [2.24, 2.45) is 0 Å². The monoisotopic (exact) mass is 466 g/mol. The van der Waals surface area contributed by atoms with Gasteiger partial charge in [-0.15, -0.1) is 0 Å². The molecule has 0 bridgehead atoms. The first-order chi connectivity index (χ1) is 14.0. The van der Waals surface area contributed by atoms with Gasteiger partial charge < -0.3 is 4.90 Å². The highest BCUT2D eigenvalue weighted by Crippen LogP contribution is 2.42. The van der Waals surface area contributed by atoms with Crippen molar-refractivity contribution in [3.05, 3.63) is 68.1 Å². The highest BCUT2D eigenvalue weighted by atomic mass is 35.5. The first-order valence-corrected chi connectivity index (χ1v) is 11.2. The third kappa shape index (κ3) is 4.02. The number of nitrogens with zero attached hydrogens (tertiary/aromatic N) is 2. The van der Waals surface area contributed by atoms with Crippen molar-refractivity contribution in [3.8, 4) is 0 Å². The van der Waals surface area contributed by atoms with E-state index in [-0.39, 0.29) is 16.8 Å². The fourth-order valence-corrected chi connectivity index (χ4v) is 5.00. The molecule has 8 heteroatoms. The minimum Gasteiger partial charge on any atom is -0.366 e. The van der Waals surface area contributed by atoms with Crippen LogP contribution in [-0.4, -0.2) is 29.8 Å². The fourth-order valence-electron chi connectivity index (χ4n) is 3.49. The summed E-state index contributed by atoms with van der Waals surface area (Å²) in [5.41, 5.74) is 0.737.